The molecule has 21 heavy (non-hydrogen) atoms. The van der Waals surface area contributed by atoms with Gasteiger partial charge in [0.05, 0.1) is 24.4 Å². The highest BCUT2D eigenvalue weighted by atomic mass is 16.5. The highest BCUT2D eigenvalue weighted by molar-refractivity contribution is 5.04. The summed E-state index contributed by atoms with van der Waals surface area (Å²) in [6.45, 7) is 2.86. The molecule has 118 valence electrons. The third kappa shape index (κ3) is 3.65. The molecule has 1 N–H and O–H groups in total. The number of morpholine rings is 1. The Morgan fingerprint density at radius 3 is 2.95 bits per heavy atom. The number of nitrogens with zero attached hydrogens (tertiary/aromatic N) is 3. The molecule has 0 amide bonds. The lowest BCUT2D eigenvalue weighted by Crippen LogP contribution is -2.51. The van der Waals surface area contributed by atoms with Gasteiger partial charge in [-0.25, -0.2) is 0 Å². The molecular formula is C16H28N4O. The van der Waals surface area contributed by atoms with E-state index in [0.29, 0.717) is 12.1 Å². The first-order valence-corrected chi connectivity index (χ1v) is 8.27. The summed E-state index contributed by atoms with van der Waals surface area (Å²) in [5.74, 6) is 0. The molecule has 3 rings (SSSR count). The van der Waals surface area contributed by atoms with Crippen molar-refractivity contribution in [2.24, 2.45) is 0 Å². The molecule has 0 radical (unpaired) electrons. The van der Waals surface area contributed by atoms with Gasteiger partial charge in [-0.1, -0.05) is 12.8 Å². The van der Waals surface area contributed by atoms with Crippen LogP contribution in [0.3, 0.4) is 0 Å². The number of hydrogen-bond donors (Lipinski definition) is 1. The van der Waals surface area contributed by atoms with E-state index in [9.17, 15) is 0 Å². The molecule has 0 spiro atoms. The van der Waals surface area contributed by atoms with Crippen LogP contribution >= 0.6 is 0 Å². The molecule has 2 unspecified atom stereocenters. The van der Waals surface area contributed by atoms with E-state index in [1.165, 1.54) is 31.4 Å². The van der Waals surface area contributed by atoms with Crippen molar-refractivity contribution < 1.29 is 4.74 Å². The lowest BCUT2D eigenvalue weighted by Gasteiger charge is -2.34. The summed E-state index contributed by atoms with van der Waals surface area (Å²) in [6, 6.07) is 3.14. The second-order valence-corrected chi connectivity index (χ2v) is 6.50. The zero-order valence-corrected chi connectivity index (χ0v) is 13.3. The quantitative estimate of drug-likeness (QED) is 0.892. The van der Waals surface area contributed by atoms with Gasteiger partial charge in [-0.05, 0) is 33.0 Å². The first-order valence-electron chi connectivity index (χ1n) is 8.27. The second-order valence-electron chi connectivity index (χ2n) is 6.50. The molecule has 2 aliphatic rings. The predicted octanol–water partition coefficient (Wildman–Crippen LogP) is 1.46. The third-order valence-electron chi connectivity index (χ3n) is 4.91. The van der Waals surface area contributed by atoms with Crippen molar-refractivity contribution in [2.45, 2.75) is 50.3 Å². The van der Waals surface area contributed by atoms with Gasteiger partial charge in [0.1, 0.15) is 0 Å². The molecular weight excluding hydrogens is 264 g/mol. The number of ether oxygens (including phenoxy) is 1. The van der Waals surface area contributed by atoms with E-state index in [0.717, 1.165) is 26.1 Å². The average molecular weight is 292 g/mol. The third-order valence-corrected chi connectivity index (χ3v) is 4.91. The minimum Gasteiger partial charge on any atom is -0.374 e. The van der Waals surface area contributed by atoms with Gasteiger partial charge in [-0.3, -0.25) is 4.68 Å². The highest BCUT2D eigenvalue weighted by Gasteiger charge is 2.27. The standard InChI is InChI=1S/C16H28N4O/c1-17-15(16-12-19(2)9-10-21-16)11-13-7-8-20(18-13)14-5-3-4-6-14/h7-8,14-17H,3-6,9-12H2,1-2H3. The van der Waals surface area contributed by atoms with E-state index in [1.807, 2.05) is 7.05 Å². The first-order chi connectivity index (χ1) is 10.3. The SMILES string of the molecule is CNC(Cc1ccn(C2CCCC2)n1)C1CN(C)CCO1. The van der Waals surface area contributed by atoms with Crippen molar-refractivity contribution in [3.63, 3.8) is 0 Å². The summed E-state index contributed by atoms with van der Waals surface area (Å²) >= 11 is 0. The van der Waals surface area contributed by atoms with Gasteiger partial charge in [0, 0.05) is 31.7 Å². The van der Waals surface area contributed by atoms with Crippen LogP contribution in [0.4, 0.5) is 0 Å². The van der Waals surface area contributed by atoms with Crippen molar-refractivity contribution in [2.75, 3.05) is 33.8 Å². The maximum atomic E-state index is 5.94. The van der Waals surface area contributed by atoms with E-state index in [-0.39, 0.29) is 6.10 Å². The minimum absolute atomic E-state index is 0.255. The average Bonchev–Trinajstić information content (AvgIpc) is 3.15. The van der Waals surface area contributed by atoms with E-state index < -0.39 is 0 Å². The zero-order chi connectivity index (χ0) is 14.7. The molecule has 1 aliphatic heterocycles. The largest absolute Gasteiger partial charge is 0.374 e. The fourth-order valence-electron chi connectivity index (χ4n) is 3.56. The van der Waals surface area contributed by atoms with Crippen molar-refractivity contribution in [3.05, 3.63) is 18.0 Å². The van der Waals surface area contributed by atoms with E-state index in [2.05, 4.69) is 34.2 Å². The molecule has 1 aromatic heterocycles. The molecule has 1 aromatic rings. The smallest absolute Gasteiger partial charge is 0.0858 e. The van der Waals surface area contributed by atoms with Crippen LogP contribution in [0.5, 0.6) is 0 Å². The highest BCUT2D eigenvalue weighted by Crippen LogP contribution is 2.28. The summed E-state index contributed by atoms with van der Waals surface area (Å²) in [7, 11) is 4.19. The van der Waals surface area contributed by atoms with Crippen LogP contribution in [0.2, 0.25) is 0 Å². The van der Waals surface area contributed by atoms with E-state index in [1.54, 1.807) is 0 Å². The van der Waals surface area contributed by atoms with Crippen LogP contribution in [0.15, 0.2) is 12.3 Å². The van der Waals surface area contributed by atoms with Crippen LogP contribution in [-0.4, -0.2) is 60.6 Å². The Kier molecular flexibility index (Phi) is 4.93. The van der Waals surface area contributed by atoms with Crippen molar-refractivity contribution in [1.29, 1.82) is 0 Å². The Morgan fingerprint density at radius 1 is 1.43 bits per heavy atom. The van der Waals surface area contributed by atoms with Gasteiger partial charge in [-0.2, -0.15) is 5.10 Å². The number of hydrogen-bond acceptors (Lipinski definition) is 4. The Morgan fingerprint density at radius 2 is 2.24 bits per heavy atom. The first kappa shape index (κ1) is 15.0. The topological polar surface area (TPSA) is 42.3 Å². The fraction of sp³-hybridized carbons (Fsp3) is 0.812. The Bertz CT molecular complexity index is 441. The molecule has 5 nitrogen and oxygen atoms in total. The Hall–Kier alpha value is -0.910. The summed E-state index contributed by atoms with van der Waals surface area (Å²) in [5.41, 5.74) is 1.18. The minimum atomic E-state index is 0.255. The van der Waals surface area contributed by atoms with Crippen molar-refractivity contribution >= 4 is 0 Å². The second kappa shape index (κ2) is 6.90. The van der Waals surface area contributed by atoms with Gasteiger partial charge >= 0.3 is 0 Å². The van der Waals surface area contributed by atoms with Crippen LogP contribution in [0.25, 0.3) is 0 Å². The van der Waals surface area contributed by atoms with Gasteiger partial charge in [0.2, 0.25) is 0 Å². The molecule has 2 atom stereocenters. The number of rotatable bonds is 5. The van der Waals surface area contributed by atoms with Gasteiger partial charge < -0.3 is 15.0 Å². The summed E-state index contributed by atoms with van der Waals surface area (Å²) < 4.78 is 8.12. The molecule has 1 saturated carbocycles. The van der Waals surface area contributed by atoms with Crippen molar-refractivity contribution in [1.82, 2.24) is 20.0 Å². The molecule has 1 aliphatic carbocycles. The van der Waals surface area contributed by atoms with Crippen LogP contribution in [-0.2, 0) is 11.2 Å². The maximum absolute atomic E-state index is 5.94. The lowest BCUT2D eigenvalue weighted by atomic mass is 10.0. The lowest BCUT2D eigenvalue weighted by molar-refractivity contribution is -0.0373. The monoisotopic (exact) mass is 292 g/mol. The predicted molar refractivity (Wildman–Crippen MR) is 83.5 cm³/mol. The summed E-state index contributed by atoms with van der Waals surface area (Å²) in [6.07, 6.45) is 8.62. The molecule has 1 saturated heterocycles. The van der Waals surface area contributed by atoms with Gasteiger partial charge in [0.15, 0.2) is 0 Å². The number of likely N-dealkylation sites (N-methyl/N-ethyl adjacent to an activating group) is 2. The molecule has 0 aromatic carbocycles. The maximum Gasteiger partial charge on any atom is 0.0858 e. The number of aromatic nitrogens is 2. The molecule has 5 heteroatoms. The van der Waals surface area contributed by atoms with Crippen LogP contribution < -0.4 is 5.32 Å². The summed E-state index contributed by atoms with van der Waals surface area (Å²) in [5, 5.41) is 8.22. The Labute approximate surface area is 127 Å². The zero-order valence-electron chi connectivity index (χ0n) is 13.3. The van der Waals surface area contributed by atoms with Crippen LogP contribution in [0, 0.1) is 0 Å². The van der Waals surface area contributed by atoms with Crippen molar-refractivity contribution in [3.8, 4) is 0 Å². The molecule has 0 bridgehead atoms. The van der Waals surface area contributed by atoms with E-state index in [4.69, 9.17) is 9.84 Å². The van der Waals surface area contributed by atoms with Crippen LogP contribution in [0.1, 0.15) is 37.4 Å². The van der Waals surface area contributed by atoms with Gasteiger partial charge in [0.25, 0.3) is 0 Å². The molecule has 2 heterocycles. The normalized spacial score (nSPS) is 26.3. The van der Waals surface area contributed by atoms with E-state index >= 15 is 0 Å². The number of nitrogens with one attached hydrogen (secondary N) is 1. The Balaban J connectivity index is 1.60. The van der Waals surface area contributed by atoms with Gasteiger partial charge in [-0.15, -0.1) is 0 Å². The summed E-state index contributed by atoms with van der Waals surface area (Å²) in [4.78, 5) is 2.34. The fourth-order valence-corrected chi connectivity index (χ4v) is 3.56. The molecule has 2 fully saturated rings.